The lowest BCUT2D eigenvalue weighted by Gasteiger charge is -2.38. The maximum atomic E-state index is 9.16. The summed E-state index contributed by atoms with van der Waals surface area (Å²) >= 11 is 0. The first-order valence-electron chi connectivity index (χ1n) is 13.6. The summed E-state index contributed by atoms with van der Waals surface area (Å²) in [5, 5.41) is 12.5. The smallest absolute Gasteiger partial charge is 0.127 e. The van der Waals surface area contributed by atoms with Crippen LogP contribution in [-0.2, 0) is 6.42 Å². The van der Waals surface area contributed by atoms with Crippen LogP contribution in [0.1, 0.15) is 127 Å². The SMILES string of the molecule is Cc1c(C)c(/C=N/O)c2c(c1C)O[C@](C)(CCC[C@H](C)CCC[C@H](C)CCCC(C)C)CC2. The van der Waals surface area contributed by atoms with Crippen LogP contribution in [0, 0.1) is 38.5 Å². The second-order valence-electron chi connectivity index (χ2n) is 11.8. The van der Waals surface area contributed by atoms with Crippen LogP contribution in [0.5, 0.6) is 5.75 Å². The first-order chi connectivity index (χ1) is 15.6. The zero-order valence-electron chi connectivity index (χ0n) is 22.9. The van der Waals surface area contributed by atoms with Gasteiger partial charge in [-0.05, 0) is 87.8 Å². The van der Waals surface area contributed by atoms with Gasteiger partial charge in [0.05, 0.1) is 6.21 Å². The van der Waals surface area contributed by atoms with E-state index < -0.39 is 0 Å². The molecule has 0 radical (unpaired) electrons. The van der Waals surface area contributed by atoms with Gasteiger partial charge >= 0.3 is 0 Å². The lowest BCUT2D eigenvalue weighted by atomic mass is 9.82. The summed E-state index contributed by atoms with van der Waals surface area (Å²) in [6, 6.07) is 0. The number of fused-ring (bicyclic) bond motifs is 1. The molecule has 1 aromatic rings. The number of hydrogen-bond donors (Lipinski definition) is 1. The number of nitrogens with zero attached hydrogens (tertiary/aromatic N) is 1. The number of oxime groups is 1. The highest BCUT2D eigenvalue weighted by atomic mass is 16.5. The maximum Gasteiger partial charge on any atom is 0.127 e. The fourth-order valence-corrected chi connectivity index (χ4v) is 5.51. The average molecular weight is 458 g/mol. The van der Waals surface area contributed by atoms with Gasteiger partial charge in [0.1, 0.15) is 11.4 Å². The van der Waals surface area contributed by atoms with Gasteiger partial charge in [-0.15, -0.1) is 0 Å². The Hall–Kier alpha value is -1.51. The summed E-state index contributed by atoms with van der Waals surface area (Å²) in [6.07, 6.45) is 15.5. The summed E-state index contributed by atoms with van der Waals surface area (Å²) in [4.78, 5) is 0. The standard InChI is InChI=1S/C30H51NO2/c1-21(2)12-9-13-22(3)14-10-15-23(4)16-11-18-30(8)19-17-27-28(20-31-32)25(6)24(5)26(7)29(27)33-30/h20-23,32H,9-19H2,1-8H3/b31-20+/t22-,23-,30-/m1/s1. The fraction of sp³-hybridized carbons (Fsp3) is 0.767. The van der Waals surface area contributed by atoms with Crippen molar-refractivity contribution in [3.63, 3.8) is 0 Å². The predicted octanol–water partition coefficient (Wildman–Crippen LogP) is 8.94. The van der Waals surface area contributed by atoms with Gasteiger partial charge in [0.25, 0.3) is 0 Å². The quantitative estimate of drug-likeness (QED) is 0.182. The van der Waals surface area contributed by atoms with Crippen LogP contribution in [0.2, 0.25) is 0 Å². The van der Waals surface area contributed by atoms with E-state index >= 15 is 0 Å². The Labute approximate surface area is 204 Å². The van der Waals surface area contributed by atoms with E-state index in [1.165, 1.54) is 73.6 Å². The van der Waals surface area contributed by atoms with Crippen LogP contribution in [0.25, 0.3) is 0 Å². The molecule has 3 heteroatoms. The molecule has 1 aliphatic rings. The minimum atomic E-state index is -0.0995. The molecule has 1 heterocycles. The van der Waals surface area contributed by atoms with E-state index in [1.54, 1.807) is 6.21 Å². The van der Waals surface area contributed by atoms with Crippen molar-refractivity contribution < 1.29 is 9.94 Å². The maximum absolute atomic E-state index is 9.16. The van der Waals surface area contributed by atoms with Gasteiger partial charge in [-0.1, -0.05) is 77.8 Å². The van der Waals surface area contributed by atoms with Crippen molar-refractivity contribution in [1.82, 2.24) is 0 Å². The number of ether oxygens (including phenoxy) is 1. The monoisotopic (exact) mass is 457 g/mol. The van der Waals surface area contributed by atoms with Crippen molar-refractivity contribution >= 4 is 6.21 Å². The molecule has 2 rings (SSSR count). The van der Waals surface area contributed by atoms with Gasteiger partial charge in [-0.2, -0.15) is 0 Å². The van der Waals surface area contributed by atoms with E-state index in [0.29, 0.717) is 0 Å². The Morgan fingerprint density at radius 1 is 0.879 bits per heavy atom. The molecule has 0 aliphatic carbocycles. The van der Waals surface area contributed by atoms with Gasteiger partial charge < -0.3 is 9.94 Å². The van der Waals surface area contributed by atoms with Crippen molar-refractivity contribution in [2.75, 3.05) is 0 Å². The topological polar surface area (TPSA) is 41.8 Å². The molecule has 3 atom stereocenters. The highest BCUT2D eigenvalue weighted by Crippen LogP contribution is 2.42. The van der Waals surface area contributed by atoms with Crippen molar-refractivity contribution in [3.8, 4) is 5.75 Å². The summed E-state index contributed by atoms with van der Waals surface area (Å²) in [6.45, 7) is 18.2. The van der Waals surface area contributed by atoms with Crippen LogP contribution in [0.15, 0.2) is 5.16 Å². The summed E-state index contributed by atoms with van der Waals surface area (Å²) in [7, 11) is 0. The van der Waals surface area contributed by atoms with Gasteiger partial charge in [0, 0.05) is 11.1 Å². The highest BCUT2D eigenvalue weighted by Gasteiger charge is 2.34. The van der Waals surface area contributed by atoms with E-state index in [2.05, 4.69) is 60.5 Å². The predicted molar refractivity (Wildman–Crippen MR) is 142 cm³/mol. The first-order valence-corrected chi connectivity index (χ1v) is 13.6. The zero-order valence-corrected chi connectivity index (χ0v) is 22.9. The lowest BCUT2D eigenvalue weighted by molar-refractivity contribution is 0.0514. The molecule has 0 fully saturated rings. The minimum absolute atomic E-state index is 0.0995. The summed E-state index contributed by atoms with van der Waals surface area (Å²) in [5.74, 6) is 3.54. The molecule has 1 aliphatic heterocycles. The van der Waals surface area contributed by atoms with E-state index in [9.17, 15) is 0 Å². The van der Waals surface area contributed by atoms with Crippen LogP contribution in [0.4, 0.5) is 0 Å². The molecule has 0 saturated carbocycles. The minimum Gasteiger partial charge on any atom is -0.487 e. The van der Waals surface area contributed by atoms with Crippen LogP contribution < -0.4 is 4.74 Å². The number of hydrogen-bond acceptors (Lipinski definition) is 3. The van der Waals surface area contributed by atoms with Crippen LogP contribution in [0.3, 0.4) is 0 Å². The van der Waals surface area contributed by atoms with Gasteiger partial charge in [-0.3, -0.25) is 0 Å². The van der Waals surface area contributed by atoms with Gasteiger partial charge in [-0.25, -0.2) is 0 Å². The number of benzene rings is 1. The third-order valence-electron chi connectivity index (χ3n) is 8.18. The van der Waals surface area contributed by atoms with Crippen LogP contribution >= 0.6 is 0 Å². The molecule has 188 valence electrons. The van der Waals surface area contributed by atoms with Crippen molar-refractivity contribution in [2.24, 2.45) is 22.9 Å². The molecule has 0 aromatic heterocycles. The Kier molecular flexibility index (Phi) is 10.8. The normalized spacial score (nSPS) is 20.2. The molecule has 3 nitrogen and oxygen atoms in total. The molecule has 0 bridgehead atoms. The Balaban J connectivity index is 1.81. The Morgan fingerprint density at radius 3 is 2.03 bits per heavy atom. The van der Waals surface area contributed by atoms with E-state index in [1.807, 2.05) is 0 Å². The largest absolute Gasteiger partial charge is 0.487 e. The highest BCUT2D eigenvalue weighted by molar-refractivity contribution is 5.86. The molecule has 0 saturated heterocycles. The van der Waals surface area contributed by atoms with Crippen molar-refractivity contribution in [3.05, 3.63) is 27.8 Å². The van der Waals surface area contributed by atoms with Gasteiger partial charge in [0.2, 0.25) is 0 Å². The molecule has 33 heavy (non-hydrogen) atoms. The first kappa shape index (κ1) is 27.7. The van der Waals surface area contributed by atoms with Crippen LogP contribution in [-0.4, -0.2) is 17.0 Å². The molecule has 1 aromatic carbocycles. The van der Waals surface area contributed by atoms with E-state index in [0.717, 1.165) is 48.3 Å². The third-order valence-corrected chi connectivity index (χ3v) is 8.18. The van der Waals surface area contributed by atoms with Crippen molar-refractivity contribution in [2.45, 2.75) is 132 Å². The molecular formula is C30H51NO2. The average Bonchev–Trinajstić information content (AvgIpc) is 2.75. The second kappa shape index (κ2) is 12.8. The van der Waals surface area contributed by atoms with E-state index in [4.69, 9.17) is 9.94 Å². The summed E-state index contributed by atoms with van der Waals surface area (Å²) in [5.41, 5.74) is 5.81. The Bertz CT molecular complexity index is 782. The number of rotatable bonds is 13. The Morgan fingerprint density at radius 2 is 1.45 bits per heavy atom. The molecular weight excluding hydrogens is 406 g/mol. The second-order valence-corrected chi connectivity index (χ2v) is 11.8. The third kappa shape index (κ3) is 8.04. The fourth-order valence-electron chi connectivity index (χ4n) is 5.51. The van der Waals surface area contributed by atoms with Crippen molar-refractivity contribution in [1.29, 1.82) is 0 Å². The molecule has 0 unspecified atom stereocenters. The molecule has 0 spiro atoms. The molecule has 0 amide bonds. The van der Waals surface area contributed by atoms with Gasteiger partial charge in [0.15, 0.2) is 0 Å². The van der Waals surface area contributed by atoms with E-state index in [-0.39, 0.29) is 5.60 Å². The zero-order chi connectivity index (χ0) is 24.6. The molecule has 1 N–H and O–H groups in total. The summed E-state index contributed by atoms with van der Waals surface area (Å²) < 4.78 is 6.68. The lowest BCUT2D eigenvalue weighted by Crippen LogP contribution is -2.37.